The molecule has 0 saturated carbocycles. The van der Waals surface area contributed by atoms with Crippen LogP contribution in [0.1, 0.15) is 83.2 Å². The van der Waals surface area contributed by atoms with Crippen molar-refractivity contribution in [3.05, 3.63) is 34.4 Å². The van der Waals surface area contributed by atoms with Crippen LogP contribution in [0.2, 0.25) is 0 Å². The molecule has 1 aliphatic rings. The van der Waals surface area contributed by atoms with Crippen molar-refractivity contribution in [2.45, 2.75) is 78.2 Å². The molecule has 0 amide bonds. The van der Waals surface area contributed by atoms with E-state index >= 15 is 0 Å². The minimum absolute atomic E-state index is 0.0956. The molecular weight excluding hydrogens is 260 g/mol. The van der Waals surface area contributed by atoms with E-state index in [1.807, 2.05) is 6.92 Å². The smallest absolute Gasteiger partial charge is 0.303 e. The highest BCUT2D eigenvalue weighted by atomic mass is 16.5. The van der Waals surface area contributed by atoms with Gasteiger partial charge in [-0.05, 0) is 52.8 Å². The van der Waals surface area contributed by atoms with E-state index in [4.69, 9.17) is 4.74 Å². The number of rotatable bonds is 2. The summed E-state index contributed by atoms with van der Waals surface area (Å²) in [5.74, 6) is -0.213. The monoisotopic (exact) mass is 288 g/mol. The molecular formula is C19H28O2. The Hall–Kier alpha value is -1.31. The minimum atomic E-state index is -0.213. The summed E-state index contributed by atoms with van der Waals surface area (Å²) in [6, 6.07) is 4.61. The van der Waals surface area contributed by atoms with Gasteiger partial charge in [0.15, 0.2) is 0 Å². The maximum absolute atomic E-state index is 11.3. The lowest BCUT2D eigenvalue weighted by Crippen LogP contribution is -2.18. The third-order valence-electron chi connectivity index (χ3n) is 4.66. The molecule has 116 valence electrons. The summed E-state index contributed by atoms with van der Waals surface area (Å²) < 4.78 is 5.46. The molecule has 0 spiro atoms. The van der Waals surface area contributed by atoms with Gasteiger partial charge in [0.25, 0.3) is 0 Å². The summed E-state index contributed by atoms with van der Waals surface area (Å²) >= 11 is 0. The number of fused-ring (bicyclic) bond motifs is 1. The lowest BCUT2D eigenvalue weighted by atomic mass is 9.79. The maximum atomic E-state index is 11.3. The Morgan fingerprint density at radius 2 is 1.90 bits per heavy atom. The van der Waals surface area contributed by atoms with Crippen LogP contribution in [0.3, 0.4) is 0 Å². The van der Waals surface area contributed by atoms with Gasteiger partial charge in [0, 0.05) is 6.92 Å². The van der Waals surface area contributed by atoms with Gasteiger partial charge in [0.05, 0.1) is 0 Å². The predicted molar refractivity (Wildman–Crippen MR) is 86.7 cm³/mol. The van der Waals surface area contributed by atoms with Gasteiger partial charge >= 0.3 is 5.97 Å². The number of hydrogen-bond donors (Lipinski definition) is 0. The fourth-order valence-electron chi connectivity index (χ4n) is 3.26. The van der Waals surface area contributed by atoms with Crippen molar-refractivity contribution in [1.29, 1.82) is 0 Å². The Morgan fingerprint density at radius 1 is 1.29 bits per heavy atom. The largest absolute Gasteiger partial charge is 0.458 e. The first kappa shape index (κ1) is 16.1. The van der Waals surface area contributed by atoms with E-state index in [-0.39, 0.29) is 22.9 Å². The third kappa shape index (κ3) is 3.14. The second kappa shape index (κ2) is 5.15. The number of carbonyl (C=O) groups excluding carboxylic acids is 1. The fraction of sp³-hybridized carbons (Fsp3) is 0.632. The molecule has 2 heteroatoms. The zero-order valence-electron chi connectivity index (χ0n) is 14.5. The lowest BCUT2D eigenvalue weighted by molar-refractivity contribution is -0.145. The van der Waals surface area contributed by atoms with E-state index in [1.165, 1.54) is 29.2 Å². The first-order chi connectivity index (χ1) is 9.52. The van der Waals surface area contributed by atoms with Crippen LogP contribution in [0.15, 0.2) is 12.1 Å². The van der Waals surface area contributed by atoms with Crippen LogP contribution in [-0.4, -0.2) is 5.97 Å². The zero-order valence-corrected chi connectivity index (χ0v) is 14.5. The molecule has 21 heavy (non-hydrogen) atoms. The van der Waals surface area contributed by atoms with Crippen LogP contribution >= 0.6 is 0 Å². The number of carbonyl (C=O) groups is 1. The Kier molecular flexibility index (Phi) is 3.94. The maximum Gasteiger partial charge on any atom is 0.303 e. The number of benzene rings is 1. The summed E-state index contributed by atoms with van der Waals surface area (Å²) in [5, 5.41) is 0. The van der Waals surface area contributed by atoms with Crippen molar-refractivity contribution in [1.82, 2.24) is 0 Å². The Morgan fingerprint density at radius 3 is 2.43 bits per heavy atom. The number of hydrogen-bond acceptors (Lipinski definition) is 2. The van der Waals surface area contributed by atoms with Gasteiger partial charge in [-0.25, -0.2) is 0 Å². The molecule has 2 nitrogen and oxygen atoms in total. The van der Waals surface area contributed by atoms with Gasteiger partial charge in [-0.15, -0.1) is 0 Å². The second-order valence-electron chi connectivity index (χ2n) is 7.98. The molecule has 0 bridgehead atoms. The van der Waals surface area contributed by atoms with Gasteiger partial charge in [0.2, 0.25) is 0 Å². The van der Waals surface area contributed by atoms with Crippen LogP contribution in [-0.2, 0) is 26.8 Å². The van der Waals surface area contributed by atoms with Crippen LogP contribution in [0.25, 0.3) is 0 Å². The standard InChI is InChI=1S/C19H28O2/c1-12(21-13(2)20)16-10-14(18(3,4)5)11-17-15(16)8-9-19(17,6)7/h10-12H,8-9H2,1-7H3/t12-/m0/s1. The summed E-state index contributed by atoms with van der Waals surface area (Å²) in [6.07, 6.45) is 2.07. The first-order valence-corrected chi connectivity index (χ1v) is 7.87. The second-order valence-corrected chi connectivity index (χ2v) is 7.98. The molecule has 2 rings (SSSR count). The molecule has 0 saturated heterocycles. The molecule has 1 atom stereocenters. The molecule has 0 N–H and O–H groups in total. The average molecular weight is 288 g/mol. The SMILES string of the molecule is CC(=O)O[C@@H](C)c1cc(C(C)(C)C)cc2c1CCC2(C)C. The van der Waals surface area contributed by atoms with Crippen molar-refractivity contribution in [3.8, 4) is 0 Å². The van der Waals surface area contributed by atoms with Crippen molar-refractivity contribution in [2.75, 3.05) is 0 Å². The molecule has 0 unspecified atom stereocenters. The van der Waals surface area contributed by atoms with Gasteiger partial charge in [-0.3, -0.25) is 4.79 Å². The van der Waals surface area contributed by atoms with Gasteiger partial charge in [-0.2, -0.15) is 0 Å². The summed E-state index contributed by atoms with van der Waals surface area (Å²) in [7, 11) is 0. The lowest BCUT2D eigenvalue weighted by Gasteiger charge is -2.27. The van der Waals surface area contributed by atoms with Gasteiger partial charge in [-0.1, -0.05) is 46.8 Å². The van der Waals surface area contributed by atoms with Crippen LogP contribution in [0.4, 0.5) is 0 Å². The van der Waals surface area contributed by atoms with E-state index in [1.54, 1.807) is 0 Å². The molecule has 0 aliphatic heterocycles. The Balaban J connectivity index is 2.59. The predicted octanol–water partition coefficient (Wildman–Crippen LogP) is 4.83. The van der Waals surface area contributed by atoms with Crippen LogP contribution in [0, 0.1) is 0 Å². The molecule has 0 fully saturated rings. The van der Waals surface area contributed by atoms with E-state index < -0.39 is 0 Å². The van der Waals surface area contributed by atoms with Gasteiger partial charge in [0.1, 0.15) is 6.10 Å². The number of ether oxygens (including phenoxy) is 1. The zero-order chi connectivity index (χ0) is 16.0. The molecule has 0 aromatic heterocycles. The molecule has 1 aromatic rings. The quantitative estimate of drug-likeness (QED) is 0.728. The summed E-state index contributed by atoms with van der Waals surface area (Å²) in [6.45, 7) is 14.8. The van der Waals surface area contributed by atoms with Crippen molar-refractivity contribution in [3.63, 3.8) is 0 Å². The van der Waals surface area contributed by atoms with E-state index in [9.17, 15) is 4.79 Å². The Labute approximate surface area is 128 Å². The highest BCUT2D eigenvalue weighted by Crippen LogP contribution is 2.44. The normalized spacial score (nSPS) is 18.2. The Bertz CT molecular complexity index is 562. The van der Waals surface area contributed by atoms with Crippen molar-refractivity contribution in [2.24, 2.45) is 0 Å². The number of esters is 1. The van der Waals surface area contributed by atoms with Crippen molar-refractivity contribution < 1.29 is 9.53 Å². The van der Waals surface area contributed by atoms with Crippen molar-refractivity contribution >= 4 is 5.97 Å². The van der Waals surface area contributed by atoms with E-state index in [0.717, 1.165) is 12.8 Å². The molecule has 1 aromatic carbocycles. The summed E-state index contributed by atoms with van der Waals surface area (Å²) in [5.41, 5.74) is 5.65. The minimum Gasteiger partial charge on any atom is -0.458 e. The van der Waals surface area contributed by atoms with Crippen LogP contribution in [0.5, 0.6) is 0 Å². The highest BCUT2D eigenvalue weighted by molar-refractivity contribution is 5.66. The van der Waals surface area contributed by atoms with Crippen LogP contribution < -0.4 is 0 Å². The van der Waals surface area contributed by atoms with E-state index in [2.05, 4.69) is 46.8 Å². The van der Waals surface area contributed by atoms with Gasteiger partial charge < -0.3 is 4.74 Å². The third-order valence-corrected chi connectivity index (χ3v) is 4.66. The molecule has 1 aliphatic carbocycles. The fourth-order valence-corrected chi connectivity index (χ4v) is 3.26. The molecule has 0 radical (unpaired) electrons. The topological polar surface area (TPSA) is 26.3 Å². The summed E-state index contributed by atoms with van der Waals surface area (Å²) in [4.78, 5) is 11.3. The van der Waals surface area contributed by atoms with E-state index in [0.29, 0.717) is 0 Å². The molecule has 0 heterocycles. The highest BCUT2D eigenvalue weighted by Gasteiger charge is 2.34. The average Bonchev–Trinajstić information content (AvgIpc) is 2.62. The first-order valence-electron chi connectivity index (χ1n) is 7.87.